The molecule has 0 amide bonds. The minimum atomic E-state index is -0.632. The molecule has 7 rings (SSSR count). The Balaban J connectivity index is 1.39. The second-order valence-corrected chi connectivity index (χ2v) is 14.0. The molecule has 4 aromatic carbocycles. The smallest absolute Gasteiger partial charge is 0.245 e. The third-order valence-corrected chi connectivity index (χ3v) is 12.1. The predicted octanol–water partition coefficient (Wildman–Crippen LogP) is 9.97. The Kier molecular flexibility index (Phi) is 4.78. The zero-order valence-electron chi connectivity index (χ0n) is 19.9. The van der Waals surface area contributed by atoms with Crippen LogP contribution in [0.25, 0.3) is 42.0 Å². The van der Waals surface area contributed by atoms with Crippen molar-refractivity contribution < 1.29 is 9.47 Å². The van der Waals surface area contributed by atoms with Gasteiger partial charge in [0.2, 0.25) is 5.79 Å². The summed E-state index contributed by atoms with van der Waals surface area (Å²) in [6.45, 7) is 4.07. The summed E-state index contributed by atoms with van der Waals surface area (Å²) in [7, 11) is -1.07. The molecular formula is C31H26O2P2. The van der Waals surface area contributed by atoms with E-state index in [1.165, 1.54) is 42.0 Å². The maximum atomic E-state index is 6.52. The fraction of sp³-hybridized carbons (Fsp3) is 0.161. The largest absolute Gasteiger partial charge is 0.453 e. The maximum Gasteiger partial charge on any atom is 0.245 e. The first-order valence-corrected chi connectivity index (χ1v) is 15.2. The van der Waals surface area contributed by atoms with Gasteiger partial charge in [0.1, 0.15) is 11.5 Å². The molecule has 172 valence electrons. The van der Waals surface area contributed by atoms with Gasteiger partial charge in [-0.2, -0.15) is 0 Å². The minimum absolute atomic E-state index is 0.535. The van der Waals surface area contributed by atoms with Gasteiger partial charge in [0.15, 0.2) is 0 Å². The molecule has 3 heterocycles. The van der Waals surface area contributed by atoms with E-state index in [-0.39, 0.29) is 0 Å². The van der Waals surface area contributed by atoms with Crippen LogP contribution in [0.1, 0.15) is 13.8 Å². The van der Waals surface area contributed by atoms with Gasteiger partial charge in [-0.05, 0) is 21.5 Å². The molecule has 0 spiro atoms. The molecule has 2 nitrogen and oxygen atoms in total. The molecule has 1 aliphatic heterocycles. The van der Waals surface area contributed by atoms with Crippen LogP contribution >= 0.6 is 15.1 Å². The molecule has 0 bridgehead atoms. The lowest BCUT2D eigenvalue weighted by atomic mass is 10.2. The Morgan fingerprint density at radius 1 is 0.486 bits per heavy atom. The number of ether oxygens (including phenoxy) is 2. The summed E-state index contributed by atoms with van der Waals surface area (Å²) >= 11 is 0. The molecule has 4 heteroatoms. The molecule has 0 aliphatic carbocycles. The summed E-state index contributed by atoms with van der Waals surface area (Å²) < 4.78 is 13.0. The zero-order chi connectivity index (χ0) is 23.6. The van der Waals surface area contributed by atoms with E-state index in [0.717, 1.165) is 23.8 Å². The van der Waals surface area contributed by atoms with Gasteiger partial charge < -0.3 is 9.47 Å². The van der Waals surface area contributed by atoms with Crippen molar-refractivity contribution in [3.05, 3.63) is 109 Å². The SMILES string of the molecule is CC1(C)OC(Cp2c3ccccc3c3ccccc32)=C(Cp2c3ccccc3c3ccccc32)O1. The zero-order valence-corrected chi connectivity index (χ0v) is 21.7. The van der Waals surface area contributed by atoms with Gasteiger partial charge in [-0.1, -0.05) is 97.1 Å². The fourth-order valence-corrected chi connectivity index (χ4v) is 10.9. The average molecular weight is 492 g/mol. The Morgan fingerprint density at radius 3 is 1.09 bits per heavy atom. The van der Waals surface area contributed by atoms with Gasteiger partial charge >= 0.3 is 0 Å². The first-order valence-electron chi connectivity index (χ1n) is 12.1. The monoisotopic (exact) mass is 492 g/mol. The van der Waals surface area contributed by atoms with Crippen molar-refractivity contribution in [3.63, 3.8) is 0 Å². The van der Waals surface area contributed by atoms with Crippen LogP contribution in [0.5, 0.6) is 0 Å². The highest BCUT2D eigenvalue weighted by Gasteiger charge is 2.35. The number of allylic oxidation sites excluding steroid dienone is 2. The molecule has 2 aromatic heterocycles. The fourth-order valence-electron chi connectivity index (χ4n) is 5.60. The van der Waals surface area contributed by atoms with E-state index in [1.54, 1.807) is 0 Å². The Bertz CT molecular complexity index is 1550. The van der Waals surface area contributed by atoms with E-state index < -0.39 is 20.9 Å². The van der Waals surface area contributed by atoms with Crippen LogP contribution in [0.15, 0.2) is 109 Å². The molecule has 0 N–H and O–H groups in total. The molecule has 0 radical (unpaired) electrons. The highest BCUT2D eigenvalue weighted by atomic mass is 31.1. The van der Waals surface area contributed by atoms with E-state index in [0.29, 0.717) is 0 Å². The van der Waals surface area contributed by atoms with Crippen LogP contribution in [-0.2, 0) is 21.8 Å². The molecule has 35 heavy (non-hydrogen) atoms. The van der Waals surface area contributed by atoms with Gasteiger partial charge in [0, 0.05) is 46.6 Å². The summed E-state index contributed by atoms with van der Waals surface area (Å²) in [6, 6.07) is 35.5. The highest BCUT2D eigenvalue weighted by Crippen LogP contribution is 2.55. The minimum Gasteiger partial charge on any atom is -0.453 e. The number of hydrogen-bond acceptors (Lipinski definition) is 2. The second kappa shape index (κ2) is 7.92. The summed E-state index contributed by atoms with van der Waals surface area (Å²) in [6.07, 6.45) is 1.77. The quantitative estimate of drug-likeness (QED) is 0.244. The lowest BCUT2D eigenvalue weighted by Crippen LogP contribution is -2.21. The summed E-state index contributed by atoms with van der Waals surface area (Å²) in [5, 5.41) is 11.3. The number of benzene rings is 4. The van der Waals surface area contributed by atoms with Crippen LogP contribution in [0, 0.1) is 0 Å². The van der Waals surface area contributed by atoms with E-state index in [4.69, 9.17) is 9.47 Å². The van der Waals surface area contributed by atoms with Crippen LogP contribution in [-0.4, -0.2) is 5.79 Å². The summed E-state index contributed by atoms with van der Waals surface area (Å²) in [5.41, 5.74) is 0. The standard InChI is InChI=1S/C31H26O2P2/c1-31(2)32-25(19-34-27-15-7-3-11-21(27)22-12-4-8-16-28(22)34)26(33-31)20-35-29-17-9-5-13-23(29)24-14-6-10-18-30(24)35/h3-18H,19-20H2,1-2H3. The van der Waals surface area contributed by atoms with E-state index in [1.807, 2.05) is 13.8 Å². The van der Waals surface area contributed by atoms with Gasteiger partial charge in [-0.25, -0.2) is 0 Å². The van der Waals surface area contributed by atoms with Crippen LogP contribution in [0.2, 0.25) is 0 Å². The van der Waals surface area contributed by atoms with Crippen LogP contribution in [0.3, 0.4) is 0 Å². The first kappa shape index (κ1) is 21.1. The molecule has 0 saturated carbocycles. The number of fused-ring (bicyclic) bond motifs is 6. The van der Waals surface area contributed by atoms with Crippen molar-refractivity contribution in [2.45, 2.75) is 32.0 Å². The van der Waals surface area contributed by atoms with Crippen molar-refractivity contribution in [1.82, 2.24) is 0 Å². The van der Waals surface area contributed by atoms with Gasteiger partial charge in [-0.3, -0.25) is 0 Å². The number of rotatable bonds is 4. The van der Waals surface area contributed by atoms with E-state index in [2.05, 4.69) is 97.1 Å². The average Bonchev–Trinajstić information content (AvgIpc) is 3.48. The predicted molar refractivity (Wildman–Crippen MR) is 152 cm³/mol. The third-order valence-electron chi connectivity index (χ3n) is 7.01. The Hall–Kier alpha value is -3.18. The van der Waals surface area contributed by atoms with Crippen LogP contribution < -0.4 is 0 Å². The molecule has 0 fully saturated rings. The lowest BCUT2D eigenvalue weighted by Gasteiger charge is -2.19. The molecule has 1 aliphatic rings. The highest BCUT2D eigenvalue weighted by molar-refractivity contribution is 7.61. The molecule has 0 unspecified atom stereocenters. The normalized spacial score (nSPS) is 15.4. The van der Waals surface area contributed by atoms with Crippen molar-refractivity contribution >= 4 is 57.1 Å². The van der Waals surface area contributed by atoms with Gasteiger partial charge in [0.05, 0.1) is 0 Å². The molecule has 0 atom stereocenters. The summed E-state index contributed by atoms with van der Waals surface area (Å²) in [4.78, 5) is 0. The Labute approximate surface area is 206 Å². The first-order chi connectivity index (χ1) is 17.1. The Morgan fingerprint density at radius 2 is 0.771 bits per heavy atom. The van der Waals surface area contributed by atoms with Crippen molar-refractivity contribution in [2.24, 2.45) is 0 Å². The van der Waals surface area contributed by atoms with E-state index >= 15 is 0 Å². The number of hydrogen-bond donors (Lipinski definition) is 0. The molecular weight excluding hydrogens is 466 g/mol. The maximum absolute atomic E-state index is 6.52. The van der Waals surface area contributed by atoms with Crippen molar-refractivity contribution in [3.8, 4) is 0 Å². The van der Waals surface area contributed by atoms with E-state index in [9.17, 15) is 0 Å². The molecule has 6 aromatic rings. The van der Waals surface area contributed by atoms with Gasteiger partial charge in [0.25, 0.3) is 0 Å². The van der Waals surface area contributed by atoms with Crippen molar-refractivity contribution in [1.29, 1.82) is 0 Å². The second-order valence-electron chi connectivity index (χ2n) is 9.69. The van der Waals surface area contributed by atoms with Crippen molar-refractivity contribution in [2.75, 3.05) is 0 Å². The molecule has 0 saturated heterocycles. The third kappa shape index (κ3) is 3.40. The lowest BCUT2D eigenvalue weighted by molar-refractivity contribution is -0.123. The van der Waals surface area contributed by atoms with Gasteiger partial charge in [-0.15, -0.1) is 15.1 Å². The topological polar surface area (TPSA) is 18.5 Å². The summed E-state index contributed by atoms with van der Waals surface area (Å²) in [5.74, 6) is 1.45. The van der Waals surface area contributed by atoms with Crippen LogP contribution in [0.4, 0.5) is 0 Å².